The SMILES string of the molecule is CC1CN2CCCCC2CN1c1ncccc1C(=O)O. The van der Waals surface area contributed by atoms with Crippen LogP contribution < -0.4 is 4.90 Å². The number of anilines is 1. The summed E-state index contributed by atoms with van der Waals surface area (Å²) in [5.74, 6) is -0.274. The lowest BCUT2D eigenvalue weighted by Crippen LogP contribution is -2.59. The second-order valence-corrected chi connectivity index (χ2v) is 5.83. The lowest BCUT2D eigenvalue weighted by atomic mass is 9.97. The molecule has 3 heterocycles. The fraction of sp³-hybridized carbons (Fsp3) is 0.600. The Labute approximate surface area is 119 Å². The van der Waals surface area contributed by atoms with Crippen LogP contribution in [0.2, 0.25) is 0 Å². The highest BCUT2D eigenvalue weighted by Gasteiger charge is 2.34. The number of carboxylic acid groups (broad SMARTS) is 1. The maximum absolute atomic E-state index is 11.4. The Morgan fingerprint density at radius 1 is 1.40 bits per heavy atom. The number of carbonyl (C=O) groups is 1. The van der Waals surface area contributed by atoms with Crippen molar-refractivity contribution < 1.29 is 9.90 Å². The molecule has 0 spiro atoms. The molecule has 0 aliphatic carbocycles. The summed E-state index contributed by atoms with van der Waals surface area (Å²) >= 11 is 0. The monoisotopic (exact) mass is 275 g/mol. The fourth-order valence-electron chi connectivity index (χ4n) is 3.44. The van der Waals surface area contributed by atoms with Crippen molar-refractivity contribution >= 4 is 11.8 Å². The molecule has 0 bridgehead atoms. The summed E-state index contributed by atoms with van der Waals surface area (Å²) < 4.78 is 0. The Bertz CT molecular complexity index is 506. The van der Waals surface area contributed by atoms with Gasteiger partial charge >= 0.3 is 5.97 Å². The molecule has 5 heteroatoms. The van der Waals surface area contributed by atoms with Crippen molar-refractivity contribution in [3.8, 4) is 0 Å². The quantitative estimate of drug-likeness (QED) is 0.892. The van der Waals surface area contributed by atoms with Crippen LogP contribution in [0, 0.1) is 0 Å². The predicted molar refractivity (Wildman–Crippen MR) is 77.2 cm³/mol. The van der Waals surface area contributed by atoms with Gasteiger partial charge in [0.25, 0.3) is 0 Å². The van der Waals surface area contributed by atoms with Gasteiger partial charge in [0.15, 0.2) is 0 Å². The van der Waals surface area contributed by atoms with Gasteiger partial charge in [-0.25, -0.2) is 9.78 Å². The van der Waals surface area contributed by atoms with Crippen LogP contribution in [0.1, 0.15) is 36.5 Å². The summed E-state index contributed by atoms with van der Waals surface area (Å²) in [5, 5.41) is 9.34. The summed E-state index contributed by atoms with van der Waals surface area (Å²) in [6.07, 6.45) is 5.45. The van der Waals surface area contributed by atoms with Crippen molar-refractivity contribution in [3.05, 3.63) is 23.9 Å². The topological polar surface area (TPSA) is 56.7 Å². The van der Waals surface area contributed by atoms with Crippen molar-refractivity contribution in [1.82, 2.24) is 9.88 Å². The second-order valence-electron chi connectivity index (χ2n) is 5.83. The molecule has 2 saturated heterocycles. The van der Waals surface area contributed by atoms with Gasteiger partial charge in [-0.1, -0.05) is 6.42 Å². The molecule has 0 amide bonds. The van der Waals surface area contributed by atoms with Gasteiger partial charge in [0.1, 0.15) is 11.4 Å². The van der Waals surface area contributed by atoms with Crippen molar-refractivity contribution in [1.29, 1.82) is 0 Å². The molecule has 2 atom stereocenters. The third-order valence-electron chi connectivity index (χ3n) is 4.48. The first-order valence-corrected chi connectivity index (χ1v) is 7.36. The van der Waals surface area contributed by atoms with Crippen molar-refractivity contribution in [3.63, 3.8) is 0 Å². The van der Waals surface area contributed by atoms with Gasteiger partial charge in [-0.3, -0.25) is 4.90 Å². The molecule has 3 rings (SSSR count). The van der Waals surface area contributed by atoms with Gasteiger partial charge < -0.3 is 10.0 Å². The first-order chi connectivity index (χ1) is 9.66. The summed E-state index contributed by atoms with van der Waals surface area (Å²) in [5.41, 5.74) is 0.309. The first-order valence-electron chi connectivity index (χ1n) is 7.36. The standard InChI is InChI=1S/C15H21N3O2/c1-11-9-17-8-3-2-5-12(17)10-18(11)14-13(15(19)20)6-4-7-16-14/h4,6-7,11-12H,2-3,5,8-10H2,1H3,(H,19,20). The number of pyridine rings is 1. The van der Waals surface area contributed by atoms with Crippen LogP contribution in [-0.4, -0.2) is 52.7 Å². The van der Waals surface area contributed by atoms with Crippen LogP contribution >= 0.6 is 0 Å². The Morgan fingerprint density at radius 3 is 3.05 bits per heavy atom. The average Bonchev–Trinajstić information content (AvgIpc) is 2.46. The molecule has 2 unspecified atom stereocenters. The van der Waals surface area contributed by atoms with Crippen LogP contribution in [0.5, 0.6) is 0 Å². The number of aromatic nitrogens is 1. The van der Waals surface area contributed by atoms with E-state index >= 15 is 0 Å². The molecule has 1 N–H and O–H groups in total. The van der Waals surface area contributed by atoms with E-state index in [1.54, 1.807) is 18.3 Å². The van der Waals surface area contributed by atoms with Gasteiger partial charge in [-0.05, 0) is 38.4 Å². The molecule has 2 aliphatic rings. The Kier molecular flexibility index (Phi) is 3.61. The fourth-order valence-corrected chi connectivity index (χ4v) is 3.44. The number of aromatic carboxylic acids is 1. The zero-order valence-corrected chi connectivity index (χ0v) is 11.8. The smallest absolute Gasteiger partial charge is 0.339 e. The Hall–Kier alpha value is -1.62. The Balaban J connectivity index is 1.88. The zero-order chi connectivity index (χ0) is 14.1. The van der Waals surface area contributed by atoms with Crippen LogP contribution in [0.15, 0.2) is 18.3 Å². The highest BCUT2D eigenvalue weighted by Crippen LogP contribution is 2.28. The molecule has 0 saturated carbocycles. The molecule has 5 nitrogen and oxygen atoms in total. The normalized spacial score (nSPS) is 27.1. The first kappa shape index (κ1) is 13.4. The number of hydrogen-bond acceptors (Lipinski definition) is 4. The highest BCUT2D eigenvalue weighted by molar-refractivity contribution is 5.93. The van der Waals surface area contributed by atoms with Crippen molar-refractivity contribution in [2.24, 2.45) is 0 Å². The van der Waals surface area contributed by atoms with E-state index in [1.165, 1.54) is 25.8 Å². The summed E-state index contributed by atoms with van der Waals surface area (Å²) in [7, 11) is 0. The van der Waals surface area contributed by atoms with Crippen LogP contribution in [0.25, 0.3) is 0 Å². The van der Waals surface area contributed by atoms with Crippen molar-refractivity contribution in [2.75, 3.05) is 24.5 Å². The highest BCUT2D eigenvalue weighted by atomic mass is 16.4. The summed E-state index contributed by atoms with van der Waals surface area (Å²) in [6, 6.07) is 4.18. The lowest BCUT2D eigenvalue weighted by molar-refractivity contribution is 0.0695. The van der Waals surface area contributed by atoms with E-state index in [0.717, 1.165) is 13.1 Å². The van der Waals surface area contributed by atoms with Crippen molar-refractivity contribution in [2.45, 2.75) is 38.3 Å². The predicted octanol–water partition coefficient (Wildman–Crippen LogP) is 1.84. The number of piperazine rings is 1. The van der Waals surface area contributed by atoms with Crippen LogP contribution in [-0.2, 0) is 0 Å². The maximum Gasteiger partial charge on any atom is 0.339 e. The van der Waals surface area contributed by atoms with E-state index in [4.69, 9.17) is 0 Å². The lowest BCUT2D eigenvalue weighted by Gasteiger charge is -2.48. The number of hydrogen-bond donors (Lipinski definition) is 1. The molecule has 108 valence electrons. The van der Waals surface area contributed by atoms with Gasteiger partial charge in [0, 0.05) is 31.4 Å². The van der Waals surface area contributed by atoms with E-state index in [0.29, 0.717) is 23.5 Å². The van der Waals surface area contributed by atoms with Gasteiger partial charge in [-0.15, -0.1) is 0 Å². The van der Waals surface area contributed by atoms with E-state index in [2.05, 4.69) is 21.7 Å². The van der Waals surface area contributed by atoms with Gasteiger partial charge in [0.05, 0.1) is 0 Å². The largest absolute Gasteiger partial charge is 0.478 e. The van der Waals surface area contributed by atoms with Crippen LogP contribution in [0.3, 0.4) is 0 Å². The third-order valence-corrected chi connectivity index (χ3v) is 4.48. The number of piperidine rings is 1. The molecule has 20 heavy (non-hydrogen) atoms. The number of rotatable bonds is 2. The molecule has 0 aromatic carbocycles. The summed E-state index contributed by atoms with van der Waals surface area (Å²) in [4.78, 5) is 20.4. The number of carboxylic acids is 1. The molecule has 2 aliphatic heterocycles. The van der Waals surface area contributed by atoms with Crippen LogP contribution in [0.4, 0.5) is 5.82 Å². The molecule has 2 fully saturated rings. The molecular formula is C15H21N3O2. The number of nitrogens with zero attached hydrogens (tertiary/aromatic N) is 3. The minimum Gasteiger partial charge on any atom is -0.478 e. The third kappa shape index (κ3) is 2.38. The van der Waals surface area contributed by atoms with E-state index in [9.17, 15) is 9.90 Å². The average molecular weight is 275 g/mol. The minimum atomic E-state index is -0.897. The molecule has 0 radical (unpaired) electrons. The zero-order valence-electron chi connectivity index (χ0n) is 11.8. The van der Waals surface area contributed by atoms with E-state index in [1.807, 2.05) is 0 Å². The minimum absolute atomic E-state index is 0.303. The molecular weight excluding hydrogens is 254 g/mol. The molecule has 1 aromatic rings. The summed E-state index contributed by atoms with van der Waals surface area (Å²) in [6.45, 7) is 5.22. The maximum atomic E-state index is 11.4. The van der Waals surface area contributed by atoms with Gasteiger partial charge in [0.2, 0.25) is 0 Å². The second kappa shape index (κ2) is 5.40. The van der Waals surface area contributed by atoms with E-state index < -0.39 is 5.97 Å². The van der Waals surface area contributed by atoms with Gasteiger partial charge in [-0.2, -0.15) is 0 Å². The van der Waals surface area contributed by atoms with E-state index in [-0.39, 0.29) is 0 Å². The number of fused-ring (bicyclic) bond motifs is 1. The molecule has 1 aromatic heterocycles. The Morgan fingerprint density at radius 2 is 2.25 bits per heavy atom.